The van der Waals surface area contributed by atoms with Gasteiger partial charge in [0.2, 0.25) is 0 Å². The van der Waals surface area contributed by atoms with E-state index in [4.69, 9.17) is 10.6 Å². The third-order valence-electron chi connectivity index (χ3n) is 2.13. The number of rotatable bonds is 4. The smallest absolute Gasteiger partial charge is 0.327 e. The van der Waals surface area contributed by atoms with Crippen LogP contribution in [-0.4, -0.2) is 43.2 Å². The van der Waals surface area contributed by atoms with Crippen molar-refractivity contribution in [2.45, 2.75) is 19.4 Å². The number of ether oxygens (including phenoxy) is 1. The van der Waals surface area contributed by atoms with Crippen molar-refractivity contribution in [1.82, 2.24) is 10.5 Å². The SMILES string of the molecule is CC1CN(CCC(=O)ONN)CCO1. The lowest BCUT2D eigenvalue weighted by Crippen LogP contribution is -2.42. The summed E-state index contributed by atoms with van der Waals surface area (Å²) in [6, 6.07) is 0. The Hall–Kier alpha value is -0.690. The van der Waals surface area contributed by atoms with Crippen LogP contribution >= 0.6 is 0 Å². The Morgan fingerprint density at radius 2 is 2.57 bits per heavy atom. The van der Waals surface area contributed by atoms with Gasteiger partial charge in [-0.25, -0.2) is 5.84 Å². The number of carbonyl (C=O) groups is 1. The van der Waals surface area contributed by atoms with Gasteiger partial charge in [0.1, 0.15) is 0 Å². The Morgan fingerprint density at radius 1 is 1.79 bits per heavy atom. The lowest BCUT2D eigenvalue weighted by atomic mass is 10.3. The average Bonchev–Trinajstić information content (AvgIpc) is 2.15. The van der Waals surface area contributed by atoms with Gasteiger partial charge in [0, 0.05) is 19.6 Å². The van der Waals surface area contributed by atoms with Gasteiger partial charge in [-0.1, -0.05) is 5.59 Å². The summed E-state index contributed by atoms with van der Waals surface area (Å²) in [6.45, 7) is 5.17. The molecule has 0 aromatic rings. The Kier molecular flexibility index (Phi) is 4.81. The summed E-state index contributed by atoms with van der Waals surface area (Å²) in [5, 5.41) is 0. The van der Waals surface area contributed by atoms with Crippen molar-refractivity contribution in [3.63, 3.8) is 0 Å². The number of hydrazine groups is 1. The zero-order chi connectivity index (χ0) is 10.4. The maximum absolute atomic E-state index is 10.9. The number of morpholine rings is 1. The van der Waals surface area contributed by atoms with Gasteiger partial charge in [0.25, 0.3) is 0 Å². The fourth-order valence-corrected chi connectivity index (χ4v) is 1.46. The summed E-state index contributed by atoms with van der Waals surface area (Å²) in [4.78, 5) is 17.5. The van der Waals surface area contributed by atoms with Gasteiger partial charge in [0.05, 0.1) is 19.1 Å². The first-order valence-electron chi connectivity index (χ1n) is 4.71. The first kappa shape index (κ1) is 11.4. The van der Waals surface area contributed by atoms with E-state index in [2.05, 4.69) is 9.74 Å². The van der Waals surface area contributed by atoms with Gasteiger partial charge >= 0.3 is 5.97 Å². The van der Waals surface area contributed by atoms with Crippen LogP contribution in [0.3, 0.4) is 0 Å². The van der Waals surface area contributed by atoms with Gasteiger partial charge < -0.3 is 9.57 Å². The summed E-state index contributed by atoms with van der Waals surface area (Å²) in [6.07, 6.45) is 0.587. The molecule has 6 nitrogen and oxygen atoms in total. The summed E-state index contributed by atoms with van der Waals surface area (Å²) >= 11 is 0. The molecule has 1 atom stereocenters. The molecule has 0 bridgehead atoms. The molecule has 0 radical (unpaired) electrons. The van der Waals surface area contributed by atoms with Crippen molar-refractivity contribution in [2.24, 2.45) is 5.84 Å². The van der Waals surface area contributed by atoms with Crippen LogP contribution in [0.4, 0.5) is 0 Å². The van der Waals surface area contributed by atoms with E-state index in [9.17, 15) is 4.79 Å². The Bertz CT molecular complexity index is 189. The van der Waals surface area contributed by atoms with Crippen molar-refractivity contribution in [1.29, 1.82) is 0 Å². The molecule has 1 fully saturated rings. The summed E-state index contributed by atoms with van der Waals surface area (Å²) in [7, 11) is 0. The Labute approximate surface area is 83.3 Å². The molecule has 1 rings (SSSR count). The molecule has 1 heterocycles. The number of hydrogen-bond donors (Lipinski definition) is 2. The van der Waals surface area contributed by atoms with Crippen LogP contribution in [0.15, 0.2) is 0 Å². The second-order valence-electron chi connectivity index (χ2n) is 3.32. The van der Waals surface area contributed by atoms with Gasteiger partial charge in [0.15, 0.2) is 0 Å². The molecule has 0 saturated carbocycles. The van der Waals surface area contributed by atoms with Crippen LogP contribution in [0.5, 0.6) is 0 Å². The van der Waals surface area contributed by atoms with E-state index in [1.807, 2.05) is 12.5 Å². The van der Waals surface area contributed by atoms with Crippen LogP contribution in [0.1, 0.15) is 13.3 Å². The summed E-state index contributed by atoms with van der Waals surface area (Å²) < 4.78 is 5.37. The fourth-order valence-electron chi connectivity index (χ4n) is 1.46. The van der Waals surface area contributed by atoms with Gasteiger partial charge in [-0.15, -0.1) is 0 Å². The van der Waals surface area contributed by atoms with Crippen molar-refractivity contribution >= 4 is 5.97 Å². The van der Waals surface area contributed by atoms with Crippen molar-refractivity contribution in [2.75, 3.05) is 26.2 Å². The van der Waals surface area contributed by atoms with Crippen LogP contribution in [0, 0.1) is 0 Å². The molecule has 1 saturated heterocycles. The minimum Gasteiger partial charge on any atom is -0.376 e. The first-order valence-corrected chi connectivity index (χ1v) is 4.71. The van der Waals surface area contributed by atoms with Gasteiger partial charge in [-0.2, -0.15) is 0 Å². The molecule has 1 aliphatic rings. The number of nitrogens with zero attached hydrogens (tertiary/aromatic N) is 1. The largest absolute Gasteiger partial charge is 0.376 e. The molecule has 0 aromatic heterocycles. The van der Waals surface area contributed by atoms with Crippen LogP contribution in [0.25, 0.3) is 0 Å². The Balaban J connectivity index is 2.14. The van der Waals surface area contributed by atoms with Crippen molar-refractivity contribution < 1.29 is 14.4 Å². The molecule has 0 spiro atoms. The van der Waals surface area contributed by atoms with Crippen LogP contribution in [-0.2, 0) is 14.4 Å². The van der Waals surface area contributed by atoms with E-state index < -0.39 is 0 Å². The predicted octanol–water partition coefficient (Wildman–Crippen LogP) is -0.981. The molecular weight excluding hydrogens is 186 g/mol. The second-order valence-corrected chi connectivity index (χ2v) is 3.32. The number of nitrogens with two attached hydrogens (primary N) is 1. The summed E-state index contributed by atoms with van der Waals surface area (Å²) in [5.41, 5.74) is 1.87. The van der Waals surface area contributed by atoms with Crippen LogP contribution in [0.2, 0.25) is 0 Å². The molecular formula is C8H17N3O3. The number of hydrogen-bond acceptors (Lipinski definition) is 6. The van der Waals surface area contributed by atoms with E-state index in [0.29, 0.717) is 13.0 Å². The van der Waals surface area contributed by atoms with E-state index in [0.717, 1.165) is 19.7 Å². The lowest BCUT2D eigenvalue weighted by molar-refractivity contribution is -0.152. The quantitative estimate of drug-likeness (QED) is 0.451. The minimum atomic E-state index is -0.341. The summed E-state index contributed by atoms with van der Waals surface area (Å²) in [5.74, 6) is 4.49. The number of carbonyl (C=O) groups excluding carboxylic acids is 1. The highest BCUT2D eigenvalue weighted by molar-refractivity contribution is 5.69. The maximum atomic E-state index is 10.9. The molecule has 1 unspecified atom stereocenters. The lowest BCUT2D eigenvalue weighted by Gasteiger charge is -2.30. The normalized spacial score (nSPS) is 23.4. The van der Waals surface area contributed by atoms with Crippen molar-refractivity contribution in [3.05, 3.63) is 0 Å². The van der Waals surface area contributed by atoms with E-state index in [1.165, 1.54) is 0 Å². The van der Waals surface area contributed by atoms with Crippen LogP contribution < -0.4 is 11.4 Å². The second kappa shape index (κ2) is 5.92. The van der Waals surface area contributed by atoms with E-state index in [-0.39, 0.29) is 12.1 Å². The molecule has 3 N–H and O–H groups in total. The molecule has 82 valence electrons. The highest BCUT2D eigenvalue weighted by atomic mass is 16.7. The number of nitrogens with one attached hydrogen (secondary N) is 1. The van der Waals surface area contributed by atoms with Gasteiger partial charge in [-0.05, 0) is 6.92 Å². The molecule has 0 aromatic carbocycles. The fraction of sp³-hybridized carbons (Fsp3) is 0.875. The Morgan fingerprint density at radius 3 is 3.21 bits per heavy atom. The zero-order valence-electron chi connectivity index (χ0n) is 8.36. The predicted molar refractivity (Wildman–Crippen MR) is 49.9 cm³/mol. The third-order valence-corrected chi connectivity index (χ3v) is 2.13. The standard InChI is InChI=1S/C8H17N3O3/c1-7-6-11(4-5-13-7)3-2-8(12)14-10-9/h7,10H,2-6,9H2,1H3. The molecule has 1 aliphatic heterocycles. The highest BCUT2D eigenvalue weighted by Gasteiger charge is 2.17. The highest BCUT2D eigenvalue weighted by Crippen LogP contribution is 2.04. The zero-order valence-corrected chi connectivity index (χ0v) is 8.36. The average molecular weight is 203 g/mol. The van der Waals surface area contributed by atoms with Crippen molar-refractivity contribution in [3.8, 4) is 0 Å². The molecule has 0 amide bonds. The van der Waals surface area contributed by atoms with E-state index in [1.54, 1.807) is 0 Å². The van der Waals surface area contributed by atoms with Gasteiger partial charge in [-0.3, -0.25) is 9.69 Å². The first-order chi connectivity index (χ1) is 6.72. The topological polar surface area (TPSA) is 76.8 Å². The monoisotopic (exact) mass is 203 g/mol. The molecule has 6 heteroatoms. The molecule has 14 heavy (non-hydrogen) atoms. The third kappa shape index (κ3) is 4.01. The van der Waals surface area contributed by atoms with E-state index >= 15 is 0 Å². The maximum Gasteiger partial charge on any atom is 0.327 e. The minimum absolute atomic E-state index is 0.243. The molecule has 0 aliphatic carbocycles.